The largest absolute Gasteiger partial charge is 0.383 e. The molecule has 1 amide bonds. The lowest BCUT2D eigenvalue weighted by atomic mass is 10.1. The number of likely N-dealkylation sites (N-methyl/N-ethyl adjacent to an activating group) is 1. The van der Waals surface area contributed by atoms with Crippen LogP contribution >= 0.6 is 11.8 Å². The van der Waals surface area contributed by atoms with E-state index in [0.29, 0.717) is 30.9 Å². The molecule has 2 N–H and O–H groups in total. The molecule has 1 saturated heterocycles. The molecule has 3 heterocycles. The molecule has 2 aromatic heterocycles. The molecular formula is C28H38N4O5S. The van der Waals surface area contributed by atoms with Crippen LogP contribution in [0.5, 0.6) is 0 Å². The summed E-state index contributed by atoms with van der Waals surface area (Å²) in [6, 6.07) is 9.79. The first-order valence-corrected chi connectivity index (χ1v) is 14.1. The zero-order valence-corrected chi connectivity index (χ0v) is 23.8. The number of fused-ring (bicyclic) bond motifs is 1. The molecule has 38 heavy (non-hydrogen) atoms. The van der Waals surface area contributed by atoms with Crippen molar-refractivity contribution in [3.63, 3.8) is 0 Å². The van der Waals surface area contributed by atoms with Gasteiger partial charge in [-0.25, -0.2) is 0 Å². The van der Waals surface area contributed by atoms with Crippen molar-refractivity contribution < 1.29 is 19.0 Å². The number of thioether (sulfide) groups is 1. The molecule has 3 aromatic rings. The van der Waals surface area contributed by atoms with Crippen molar-refractivity contribution in [2.24, 2.45) is 0 Å². The van der Waals surface area contributed by atoms with Gasteiger partial charge in [0.1, 0.15) is 0 Å². The number of carbonyl (C=O) groups excluding carboxylic acids is 1. The number of H-pyrrole nitrogens is 1. The molecule has 0 saturated carbocycles. The lowest BCUT2D eigenvalue weighted by molar-refractivity contribution is -0.219. The van der Waals surface area contributed by atoms with E-state index in [1.165, 1.54) is 11.8 Å². The van der Waals surface area contributed by atoms with E-state index >= 15 is 0 Å². The Kier molecular flexibility index (Phi) is 9.32. The van der Waals surface area contributed by atoms with Gasteiger partial charge < -0.3 is 29.1 Å². The number of amides is 1. The van der Waals surface area contributed by atoms with E-state index in [2.05, 4.69) is 26.7 Å². The zero-order valence-electron chi connectivity index (χ0n) is 23.0. The average Bonchev–Trinajstić information content (AvgIpc) is 3.21. The van der Waals surface area contributed by atoms with Crippen molar-refractivity contribution in [1.29, 1.82) is 0 Å². The van der Waals surface area contributed by atoms with Gasteiger partial charge in [0.25, 0.3) is 11.5 Å². The summed E-state index contributed by atoms with van der Waals surface area (Å²) < 4.78 is 19.6. The summed E-state index contributed by atoms with van der Waals surface area (Å²) in [6.45, 7) is 8.57. The number of para-hydroxylation sites is 1. The molecule has 10 heteroatoms. The minimum Gasteiger partial charge on any atom is -0.383 e. The second-order valence-electron chi connectivity index (χ2n) is 9.76. The molecule has 9 nitrogen and oxygen atoms in total. The van der Waals surface area contributed by atoms with Crippen molar-refractivity contribution in [3.8, 4) is 0 Å². The van der Waals surface area contributed by atoms with Crippen molar-refractivity contribution >= 4 is 28.6 Å². The summed E-state index contributed by atoms with van der Waals surface area (Å²) in [5.74, 6) is -0.220. The van der Waals surface area contributed by atoms with Gasteiger partial charge in [-0.2, -0.15) is 0 Å². The van der Waals surface area contributed by atoms with Crippen molar-refractivity contribution in [2.75, 3.05) is 46.8 Å². The summed E-state index contributed by atoms with van der Waals surface area (Å²) in [5, 5.41) is 3.84. The molecule has 1 unspecified atom stereocenters. The molecular weight excluding hydrogens is 504 g/mol. The number of aromatic amines is 1. The number of ether oxygens (including phenoxy) is 3. The summed E-state index contributed by atoms with van der Waals surface area (Å²) in [6.07, 6.45) is 1.48. The minimum atomic E-state index is -0.442. The molecule has 206 valence electrons. The fourth-order valence-corrected chi connectivity index (χ4v) is 5.78. The van der Waals surface area contributed by atoms with Gasteiger partial charge in [-0.1, -0.05) is 18.2 Å². The first-order chi connectivity index (χ1) is 18.3. The Morgan fingerprint density at radius 3 is 2.68 bits per heavy atom. The molecule has 0 spiro atoms. The highest BCUT2D eigenvalue weighted by Gasteiger charge is 2.32. The summed E-state index contributed by atoms with van der Waals surface area (Å²) >= 11 is 1.49. The number of rotatable bonds is 10. The molecule has 0 aliphatic carbocycles. The van der Waals surface area contributed by atoms with E-state index in [0.717, 1.165) is 33.7 Å². The van der Waals surface area contributed by atoms with Crippen LogP contribution in [0.3, 0.4) is 0 Å². The Labute approximate surface area is 227 Å². The Balaban J connectivity index is 1.55. The fraction of sp³-hybridized carbons (Fsp3) is 0.500. The normalized spacial score (nSPS) is 18.7. The van der Waals surface area contributed by atoms with E-state index < -0.39 is 6.29 Å². The van der Waals surface area contributed by atoms with Crippen molar-refractivity contribution in [3.05, 3.63) is 63.2 Å². The highest BCUT2D eigenvalue weighted by Crippen LogP contribution is 2.32. The summed E-state index contributed by atoms with van der Waals surface area (Å²) in [7, 11) is 3.74. The number of nitrogens with one attached hydrogen (secondary N) is 2. The first-order valence-electron chi connectivity index (χ1n) is 12.8. The molecule has 0 radical (unpaired) electrons. The van der Waals surface area contributed by atoms with Crippen LogP contribution in [-0.2, 0) is 20.8 Å². The molecule has 4 rings (SSSR count). The predicted octanol–water partition coefficient (Wildman–Crippen LogP) is 3.48. The maximum absolute atomic E-state index is 13.5. The third-order valence-corrected chi connectivity index (χ3v) is 8.04. The van der Waals surface area contributed by atoms with Gasteiger partial charge in [-0.3, -0.25) is 14.5 Å². The molecule has 1 aliphatic heterocycles. The van der Waals surface area contributed by atoms with Gasteiger partial charge in [0.05, 0.1) is 37.5 Å². The van der Waals surface area contributed by atoms with Crippen LogP contribution in [-0.4, -0.2) is 79.5 Å². The van der Waals surface area contributed by atoms with Gasteiger partial charge >= 0.3 is 0 Å². The third-order valence-electron chi connectivity index (χ3n) is 7.24. The third kappa shape index (κ3) is 5.84. The number of hydrogen-bond donors (Lipinski definition) is 2. The van der Waals surface area contributed by atoms with Crippen molar-refractivity contribution in [1.82, 2.24) is 19.8 Å². The topological polar surface area (TPSA) is 97.8 Å². The number of aromatic nitrogens is 2. The van der Waals surface area contributed by atoms with Crippen LogP contribution in [0, 0.1) is 13.8 Å². The number of carbonyl (C=O) groups is 1. The summed E-state index contributed by atoms with van der Waals surface area (Å²) in [4.78, 5) is 32.0. The number of hydrogen-bond acceptors (Lipinski definition) is 7. The van der Waals surface area contributed by atoms with Crippen LogP contribution in [0.15, 0.2) is 40.0 Å². The molecule has 1 fully saturated rings. The van der Waals surface area contributed by atoms with E-state index in [4.69, 9.17) is 14.2 Å². The van der Waals surface area contributed by atoms with E-state index in [-0.39, 0.29) is 30.1 Å². The number of nitrogens with zero attached hydrogens (tertiary/aromatic N) is 2. The van der Waals surface area contributed by atoms with Crippen LogP contribution < -0.4 is 10.9 Å². The Bertz CT molecular complexity index is 1330. The van der Waals surface area contributed by atoms with E-state index in [9.17, 15) is 9.59 Å². The number of pyridine rings is 1. The van der Waals surface area contributed by atoms with Gasteiger partial charge in [0.15, 0.2) is 6.29 Å². The van der Waals surface area contributed by atoms with Crippen LogP contribution in [0.2, 0.25) is 0 Å². The zero-order chi connectivity index (χ0) is 27.4. The lowest BCUT2D eigenvalue weighted by Gasteiger charge is -2.37. The van der Waals surface area contributed by atoms with Gasteiger partial charge in [-0.15, -0.1) is 11.8 Å². The highest BCUT2D eigenvalue weighted by atomic mass is 32.2. The Morgan fingerprint density at radius 2 is 2.00 bits per heavy atom. The molecule has 1 aromatic carbocycles. The maximum atomic E-state index is 13.5. The van der Waals surface area contributed by atoms with E-state index in [1.807, 2.05) is 57.5 Å². The average molecular weight is 543 g/mol. The standard InChI is InChI=1S/C28H38N4O5S/c1-17-13-24(38-6)22(26(33)30-17)14-29-27(34)25-18(2)32(23-10-8-7-9-21(23)25)19(3)28-36-15-20(16-37-28)31(4)11-12-35-5/h7-10,13,19-20,28H,11-12,14-16H2,1-6H3,(H,29,34)(H,30,33). The molecule has 1 atom stereocenters. The summed E-state index contributed by atoms with van der Waals surface area (Å²) in [5.41, 5.74) is 3.52. The second-order valence-corrected chi connectivity index (χ2v) is 10.6. The van der Waals surface area contributed by atoms with Crippen molar-refractivity contribution in [2.45, 2.75) is 50.6 Å². The molecule has 1 aliphatic rings. The number of benzene rings is 1. The van der Waals surface area contributed by atoms with Gasteiger partial charge in [0.2, 0.25) is 0 Å². The van der Waals surface area contributed by atoms with Gasteiger partial charge in [0, 0.05) is 52.9 Å². The van der Waals surface area contributed by atoms with Crippen LogP contribution in [0.4, 0.5) is 0 Å². The maximum Gasteiger partial charge on any atom is 0.254 e. The molecule has 0 bridgehead atoms. The first kappa shape index (κ1) is 28.4. The van der Waals surface area contributed by atoms with Gasteiger partial charge in [-0.05, 0) is 46.2 Å². The van der Waals surface area contributed by atoms with E-state index in [1.54, 1.807) is 7.11 Å². The van der Waals surface area contributed by atoms with Crippen LogP contribution in [0.1, 0.15) is 40.3 Å². The monoisotopic (exact) mass is 542 g/mol. The Morgan fingerprint density at radius 1 is 1.29 bits per heavy atom. The number of methoxy groups -OCH3 is 1. The van der Waals surface area contributed by atoms with Crippen LogP contribution in [0.25, 0.3) is 10.9 Å². The second kappa shape index (κ2) is 12.5. The lowest BCUT2D eigenvalue weighted by Crippen LogP contribution is -2.48. The predicted molar refractivity (Wildman–Crippen MR) is 150 cm³/mol. The SMILES string of the molecule is COCCN(C)C1COC(C(C)n2c(C)c(C(=O)NCc3c(SC)cc(C)[nH]c3=O)c3ccccc32)OC1. The Hall–Kier alpha value is -2.63. The minimum absolute atomic E-state index is 0.145. The smallest absolute Gasteiger partial charge is 0.254 e. The fourth-order valence-electron chi connectivity index (χ4n) is 5.08. The highest BCUT2D eigenvalue weighted by molar-refractivity contribution is 7.98. The number of aryl methyl sites for hydroxylation is 1. The quantitative estimate of drug-likeness (QED) is 0.379.